The summed E-state index contributed by atoms with van der Waals surface area (Å²) < 4.78 is 0. The Kier molecular flexibility index (Phi) is 4.21. The number of allylic oxidation sites excluding steroid dienone is 2. The smallest absolute Gasteiger partial charge is 0.185 e. The lowest BCUT2D eigenvalue weighted by molar-refractivity contribution is -0.114. The third kappa shape index (κ3) is 3.13. The van der Waals surface area contributed by atoms with Crippen LogP contribution < -0.4 is 0 Å². The summed E-state index contributed by atoms with van der Waals surface area (Å²) in [6.07, 6.45) is 4.35. The van der Waals surface area contributed by atoms with Gasteiger partial charge in [0.2, 0.25) is 0 Å². The monoisotopic (exact) mass is 275 g/mol. The molecule has 1 rings (SSSR count). The second-order valence-electron chi connectivity index (χ2n) is 7.48. The number of ketones is 1. The Morgan fingerprint density at radius 2 is 1.50 bits per heavy atom. The van der Waals surface area contributed by atoms with Crippen LogP contribution in [0.3, 0.4) is 0 Å². The van der Waals surface area contributed by atoms with Crippen molar-refractivity contribution in [2.45, 2.75) is 60.4 Å². The van der Waals surface area contributed by atoms with Crippen LogP contribution in [0.1, 0.15) is 54.9 Å². The topological polar surface area (TPSA) is 65.8 Å². The molecule has 110 valence electrons. The summed E-state index contributed by atoms with van der Waals surface area (Å²) >= 11 is 0. The van der Waals surface area contributed by atoms with Crippen molar-refractivity contribution in [1.29, 1.82) is 0 Å². The lowest BCUT2D eigenvalue weighted by Gasteiger charge is -2.36. The van der Waals surface area contributed by atoms with Crippen molar-refractivity contribution >= 4 is 5.78 Å². The van der Waals surface area contributed by atoms with Crippen LogP contribution in [-0.4, -0.2) is 11.3 Å². The fourth-order valence-corrected chi connectivity index (χ4v) is 2.35. The summed E-state index contributed by atoms with van der Waals surface area (Å²) in [7, 11) is 0. The van der Waals surface area contributed by atoms with Crippen molar-refractivity contribution in [1.82, 2.24) is 0 Å². The molecule has 0 atom stereocenters. The largest absolute Gasteiger partial charge is 0.289 e. The number of Topliss-reactive ketones (excluding diaryl/α,β-unsaturated/α-hetero) is 1. The van der Waals surface area contributed by atoms with Gasteiger partial charge in [-0.1, -0.05) is 65.7 Å². The lowest BCUT2D eigenvalue weighted by Crippen LogP contribution is -2.35. The van der Waals surface area contributed by atoms with Gasteiger partial charge in [0.25, 0.3) is 0 Å². The molecule has 0 unspecified atom stereocenters. The number of carbonyl (C=O) groups excluding carboxylic acids is 1. The second-order valence-corrected chi connectivity index (χ2v) is 7.48. The van der Waals surface area contributed by atoms with E-state index in [9.17, 15) is 4.79 Å². The Morgan fingerprint density at radius 3 is 1.75 bits per heavy atom. The molecule has 0 radical (unpaired) electrons. The number of nitrogens with zero attached hydrogens (tertiary/aromatic N) is 3. The Bertz CT molecular complexity index is 487. The third-order valence-electron chi connectivity index (χ3n) is 3.69. The van der Waals surface area contributed by atoms with Gasteiger partial charge in [0.05, 0.1) is 5.54 Å². The normalized spacial score (nSPS) is 19.1. The second kappa shape index (κ2) is 5.10. The highest BCUT2D eigenvalue weighted by Crippen LogP contribution is 2.42. The zero-order valence-electron chi connectivity index (χ0n) is 13.6. The minimum Gasteiger partial charge on any atom is -0.289 e. The van der Waals surface area contributed by atoms with Gasteiger partial charge in [0, 0.05) is 16.1 Å². The van der Waals surface area contributed by atoms with Crippen LogP contribution in [0.25, 0.3) is 10.4 Å². The highest BCUT2D eigenvalue weighted by atomic mass is 16.1. The van der Waals surface area contributed by atoms with Crippen molar-refractivity contribution in [3.63, 3.8) is 0 Å². The fraction of sp³-hybridized carbons (Fsp3) is 0.688. The van der Waals surface area contributed by atoms with Gasteiger partial charge in [-0.25, -0.2) is 0 Å². The van der Waals surface area contributed by atoms with Gasteiger partial charge in [0.1, 0.15) is 0 Å². The number of hydrogen-bond acceptors (Lipinski definition) is 2. The minimum atomic E-state index is -0.728. The molecule has 0 amide bonds. The van der Waals surface area contributed by atoms with E-state index in [0.717, 1.165) is 11.1 Å². The van der Waals surface area contributed by atoms with Crippen LogP contribution in [0.4, 0.5) is 0 Å². The lowest BCUT2D eigenvalue weighted by atomic mass is 9.68. The molecule has 0 aromatic rings. The predicted octanol–water partition coefficient (Wildman–Crippen LogP) is 4.97. The molecule has 20 heavy (non-hydrogen) atoms. The maximum absolute atomic E-state index is 12.8. The first-order chi connectivity index (χ1) is 8.97. The molecule has 4 nitrogen and oxygen atoms in total. The molecular formula is C16H25N3O. The van der Waals surface area contributed by atoms with E-state index in [1.165, 1.54) is 0 Å². The third-order valence-corrected chi connectivity index (χ3v) is 3.69. The van der Waals surface area contributed by atoms with E-state index in [1.54, 1.807) is 0 Å². The Morgan fingerprint density at radius 1 is 1.10 bits per heavy atom. The molecule has 0 saturated heterocycles. The summed E-state index contributed by atoms with van der Waals surface area (Å²) in [4.78, 5) is 15.7. The molecule has 1 aliphatic carbocycles. The summed E-state index contributed by atoms with van der Waals surface area (Å²) in [6.45, 7) is 14.0. The van der Waals surface area contributed by atoms with E-state index in [4.69, 9.17) is 5.53 Å². The van der Waals surface area contributed by atoms with E-state index < -0.39 is 5.54 Å². The molecule has 0 fully saturated rings. The van der Waals surface area contributed by atoms with Gasteiger partial charge >= 0.3 is 0 Å². The highest BCUT2D eigenvalue weighted by molar-refractivity contribution is 6.11. The Balaban J connectivity index is 3.60. The number of hydrogen-bond donors (Lipinski definition) is 0. The molecule has 0 heterocycles. The van der Waals surface area contributed by atoms with Crippen LogP contribution in [0.5, 0.6) is 0 Å². The molecule has 4 heteroatoms. The van der Waals surface area contributed by atoms with E-state index in [-0.39, 0.29) is 16.6 Å². The van der Waals surface area contributed by atoms with Gasteiger partial charge in [-0.15, -0.1) is 0 Å². The summed E-state index contributed by atoms with van der Waals surface area (Å²) in [5, 5.41) is 3.97. The molecule has 0 aliphatic heterocycles. The molecule has 1 aliphatic rings. The molecule has 0 bridgehead atoms. The first-order valence-electron chi connectivity index (χ1n) is 7.04. The zero-order valence-corrected chi connectivity index (χ0v) is 13.6. The quantitative estimate of drug-likeness (QED) is 0.398. The van der Waals surface area contributed by atoms with Crippen LogP contribution in [-0.2, 0) is 4.79 Å². The average molecular weight is 275 g/mol. The van der Waals surface area contributed by atoms with Gasteiger partial charge in [-0.3, -0.25) is 4.79 Å². The maximum Gasteiger partial charge on any atom is 0.185 e. The fourth-order valence-electron chi connectivity index (χ4n) is 2.35. The molecule has 0 aromatic heterocycles. The Hall–Kier alpha value is -1.54. The number of rotatable bonds is 2. The standard InChI is InChI=1S/C16H25N3O/c1-8-16(18-19-17)9-11(14(2,3)4)13(20)12(10-16)15(5,6)7/h9-10H,8H2,1-7H3. The van der Waals surface area contributed by atoms with Crippen molar-refractivity contribution in [2.24, 2.45) is 15.9 Å². The van der Waals surface area contributed by atoms with Crippen LogP contribution in [0, 0.1) is 10.8 Å². The highest BCUT2D eigenvalue weighted by Gasteiger charge is 2.39. The SMILES string of the molecule is CCC1(N=[N+]=[N-])C=C(C(C)(C)C)C(=O)C(C(C)(C)C)=C1. The van der Waals surface area contributed by atoms with Crippen LogP contribution in [0.15, 0.2) is 28.4 Å². The molecular weight excluding hydrogens is 250 g/mol. The molecule has 0 saturated carbocycles. The predicted molar refractivity (Wildman–Crippen MR) is 82.3 cm³/mol. The average Bonchev–Trinajstić information content (AvgIpc) is 2.29. The van der Waals surface area contributed by atoms with E-state index in [1.807, 2.05) is 60.6 Å². The minimum absolute atomic E-state index is 0.0715. The number of carbonyl (C=O) groups is 1. The Labute approximate surface area is 121 Å². The van der Waals surface area contributed by atoms with Gasteiger partial charge in [-0.2, -0.15) is 0 Å². The summed E-state index contributed by atoms with van der Waals surface area (Å²) in [5.74, 6) is 0.0715. The van der Waals surface area contributed by atoms with Gasteiger partial charge in [-0.05, 0) is 22.8 Å². The van der Waals surface area contributed by atoms with E-state index >= 15 is 0 Å². The van der Waals surface area contributed by atoms with Crippen LogP contribution >= 0.6 is 0 Å². The van der Waals surface area contributed by atoms with Gasteiger partial charge < -0.3 is 0 Å². The molecule has 0 spiro atoms. The van der Waals surface area contributed by atoms with E-state index in [0.29, 0.717) is 6.42 Å². The molecule has 0 N–H and O–H groups in total. The van der Waals surface area contributed by atoms with Crippen LogP contribution in [0.2, 0.25) is 0 Å². The maximum atomic E-state index is 12.8. The molecule has 0 aromatic carbocycles. The summed E-state index contributed by atoms with van der Waals surface area (Å²) in [5.41, 5.74) is 9.07. The number of azide groups is 1. The van der Waals surface area contributed by atoms with Crippen molar-refractivity contribution in [2.75, 3.05) is 0 Å². The van der Waals surface area contributed by atoms with Gasteiger partial charge in [0.15, 0.2) is 5.78 Å². The zero-order chi connectivity index (χ0) is 15.8. The first-order valence-corrected chi connectivity index (χ1v) is 7.04. The van der Waals surface area contributed by atoms with Crippen molar-refractivity contribution in [3.05, 3.63) is 33.7 Å². The van der Waals surface area contributed by atoms with Crippen molar-refractivity contribution in [3.8, 4) is 0 Å². The summed E-state index contributed by atoms with van der Waals surface area (Å²) in [6, 6.07) is 0. The first kappa shape index (κ1) is 16.5. The van der Waals surface area contributed by atoms with Crippen molar-refractivity contribution < 1.29 is 4.79 Å². The van der Waals surface area contributed by atoms with E-state index in [2.05, 4.69) is 10.0 Å².